The zero-order valence-corrected chi connectivity index (χ0v) is 7.01. The molecule has 0 saturated heterocycles. The molecule has 1 heterocycles. The second-order valence-corrected chi connectivity index (χ2v) is 2.98. The Kier molecular flexibility index (Phi) is 2.93. The Bertz CT molecular complexity index is 262. The fourth-order valence-corrected chi connectivity index (χ4v) is 1.34. The van der Waals surface area contributed by atoms with Crippen LogP contribution in [0.2, 0.25) is 0 Å². The maximum atomic E-state index is 8.26. The summed E-state index contributed by atoms with van der Waals surface area (Å²) in [5.41, 5.74) is 0. The lowest BCUT2D eigenvalue weighted by Crippen LogP contribution is -1.92. The number of thioether (sulfide) groups is 1. The van der Waals surface area contributed by atoms with Gasteiger partial charge in [-0.1, -0.05) is 11.8 Å². The Hall–Kier alpha value is -1.02. The molecule has 0 aliphatic heterocycles. The predicted octanol–water partition coefficient (Wildman–Crippen LogP) is 0.821. The van der Waals surface area contributed by atoms with Crippen LogP contribution in [0.25, 0.3) is 0 Å². The normalized spacial score (nSPS) is 9.45. The first kappa shape index (κ1) is 8.08. The van der Waals surface area contributed by atoms with Gasteiger partial charge in [-0.2, -0.15) is 10.4 Å². The van der Waals surface area contributed by atoms with Crippen molar-refractivity contribution >= 4 is 11.8 Å². The van der Waals surface area contributed by atoms with Gasteiger partial charge in [0.2, 0.25) is 0 Å². The Labute approximate surface area is 69.2 Å². The molecule has 0 fully saturated rings. The minimum Gasteiger partial charge on any atom is -0.244 e. The molecule has 5 heteroatoms. The van der Waals surface area contributed by atoms with Crippen LogP contribution in [0.15, 0.2) is 11.5 Å². The quantitative estimate of drug-likeness (QED) is 0.495. The third-order valence-electron chi connectivity index (χ3n) is 1.11. The van der Waals surface area contributed by atoms with Crippen LogP contribution < -0.4 is 0 Å². The molecule has 0 aromatic carbocycles. The number of hydrogen-bond acceptors (Lipinski definition) is 4. The molecule has 0 aliphatic carbocycles. The fraction of sp³-hybridized carbons (Fsp3) is 0.500. The predicted molar refractivity (Wildman–Crippen MR) is 42.0 cm³/mol. The van der Waals surface area contributed by atoms with E-state index in [1.54, 1.807) is 16.4 Å². The van der Waals surface area contributed by atoms with Crippen LogP contribution in [0.4, 0.5) is 0 Å². The molecule has 0 amide bonds. The Morgan fingerprint density at radius 1 is 1.82 bits per heavy atom. The van der Waals surface area contributed by atoms with Gasteiger partial charge in [0, 0.05) is 19.2 Å². The third kappa shape index (κ3) is 2.24. The van der Waals surface area contributed by atoms with E-state index >= 15 is 0 Å². The van der Waals surface area contributed by atoms with Crippen LogP contribution in [0.1, 0.15) is 6.42 Å². The number of nitrogens with zero attached hydrogens (tertiary/aromatic N) is 4. The Morgan fingerprint density at radius 3 is 3.18 bits per heavy atom. The zero-order chi connectivity index (χ0) is 8.10. The first-order chi connectivity index (χ1) is 5.34. The van der Waals surface area contributed by atoms with Crippen molar-refractivity contribution in [1.29, 1.82) is 5.26 Å². The first-order valence-corrected chi connectivity index (χ1v) is 4.17. The van der Waals surface area contributed by atoms with Gasteiger partial charge < -0.3 is 0 Å². The van der Waals surface area contributed by atoms with Crippen molar-refractivity contribution in [2.24, 2.45) is 7.05 Å². The van der Waals surface area contributed by atoms with Crippen LogP contribution >= 0.6 is 11.8 Å². The minimum atomic E-state index is 0.553. The largest absolute Gasteiger partial charge is 0.244 e. The molecule has 0 unspecified atom stereocenters. The molecule has 4 nitrogen and oxygen atoms in total. The topological polar surface area (TPSA) is 54.5 Å². The van der Waals surface area contributed by atoms with Crippen molar-refractivity contribution < 1.29 is 0 Å². The van der Waals surface area contributed by atoms with Crippen molar-refractivity contribution in [3.63, 3.8) is 0 Å². The summed E-state index contributed by atoms with van der Waals surface area (Å²) in [4.78, 5) is 3.99. The monoisotopic (exact) mass is 168 g/mol. The van der Waals surface area contributed by atoms with Gasteiger partial charge in [-0.25, -0.2) is 9.67 Å². The summed E-state index contributed by atoms with van der Waals surface area (Å²) in [5, 5.41) is 13.0. The number of nitriles is 1. The molecule has 0 spiro atoms. The van der Waals surface area contributed by atoms with Gasteiger partial charge in [-0.15, -0.1) is 0 Å². The summed E-state index contributed by atoms with van der Waals surface area (Å²) in [6, 6.07) is 2.07. The van der Waals surface area contributed by atoms with Crippen molar-refractivity contribution in [3.8, 4) is 6.07 Å². The maximum absolute atomic E-state index is 8.26. The molecule has 0 bridgehead atoms. The van der Waals surface area contributed by atoms with Crippen molar-refractivity contribution in [2.45, 2.75) is 11.6 Å². The Morgan fingerprint density at radius 2 is 2.64 bits per heavy atom. The molecule has 11 heavy (non-hydrogen) atoms. The standard InChI is InChI=1S/C6H8N4S/c1-10-6(8-5-9-10)11-4-2-3-7/h5H,2,4H2,1H3. The highest BCUT2D eigenvalue weighted by Crippen LogP contribution is 2.13. The van der Waals surface area contributed by atoms with E-state index in [2.05, 4.69) is 16.2 Å². The van der Waals surface area contributed by atoms with Gasteiger partial charge in [0.05, 0.1) is 6.07 Å². The van der Waals surface area contributed by atoms with E-state index < -0.39 is 0 Å². The summed E-state index contributed by atoms with van der Waals surface area (Å²) in [5.74, 6) is 0.781. The van der Waals surface area contributed by atoms with Gasteiger partial charge in [0.15, 0.2) is 5.16 Å². The molecule has 1 aromatic rings. The smallest absolute Gasteiger partial charge is 0.185 e. The van der Waals surface area contributed by atoms with E-state index in [9.17, 15) is 0 Å². The number of rotatable bonds is 3. The third-order valence-corrected chi connectivity index (χ3v) is 2.15. The maximum Gasteiger partial charge on any atom is 0.185 e. The summed E-state index contributed by atoms with van der Waals surface area (Å²) in [6.45, 7) is 0. The van der Waals surface area contributed by atoms with E-state index in [4.69, 9.17) is 5.26 Å². The Balaban J connectivity index is 2.40. The SMILES string of the molecule is Cn1ncnc1SCCC#N. The molecule has 1 aromatic heterocycles. The van der Waals surface area contributed by atoms with Gasteiger partial charge in [-0.05, 0) is 0 Å². The fourth-order valence-electron chi connectivity index (χ4n) is 0.604. The molecule has 0 atom stereocenters. The lowest BCUT2D eigenvalue weighted by molar-refractivity contribution is 0.685. The van der Waals surface area contributed by atoms with E-state index in [1.165, 1.54) is 6.33 Å². The number of aryl methyl sites for hydroxylation is 1. The van der Waals surface area contributed by atoms with Crippen LogP contribution in [0.5, 0.6) is 0 Å². The molecule has 0 aliphatic rings. The lowest BCUT2D eigenvalue weighted by atomic mass is 10.6. The highest BCUT2D eigenvalue weighted by atomic mass is 32.2. The molecule has 0 radical (unpaired) electrons. The molecular formula is C6H8N4S. The van der Waals surface area contributed by atoms with Crippen LogP contribution in [-0.4, -0.2) is 20.5 Å². The second kappa shape index (κ2) is 3.98. The lowest BCUT2D eigenvalue weighted by Gasteiger charge is -1.94. The first-order valence-electron chi connectivity index (χ1n) is 3.18. The molecule has 58 valence electrons. The van der Waals surface area contributed by atoms with E-state index in [0.29, 0.717) is 6.42 Å². The average Bonchev–Trinajstić information content (AvgIpc) is 2.37. The summed E-state index contributed by atoms with van der Waals surface area (Å²) in [6.07, 6.45) is 2.06. The van der Waals surface area contributed by atoms with Crippen LogP contribution in [0.3, 0.4) is 0 Å². The van der Waals surface area contributed by atoms with E-state index in [0.717, 1.165) is 10.9 Å². The molecule has 0 saturated carbocycles. The highest BCUT2D eigenvalue weighted by molar-refractivity contribution is 7.99. The van der Waals surface area contributed by atoms with E-state index in [-0.39, 0.29) is 0 Å². The van der Waals surface area contributed by atoms with Gasteiger partial charge in [0.25, 0.3) is 0 Å². The zero-order valence-electron chi connectivity index (χ0n) is 6.19. The highest BCUT2D eigenvalue weighted by Gasteiger charge is 1.98. The van der Waals surface area contributed by atoms with Crippen molar-refractivity contribution in [3.05, 3.63) is 6.33 Å². The van der Waals surface area contributed by atoms with Gasteiger partial charge >= 0.3 is 0 Å². The average molecular weight is 168 g/mol. The van der Waals surface area contributed by atoms with Crippen LogP contribution in [0, 0.1) is 11.3 Å². The van der Waals surface area contributed by atoms with Gasteiger partial charge in [0.1, 0.15) is 6.33 Å². The molecular weight excluding hydrogens is 160 g/mol. The summed E-state index contributed by atoms with van der Waals surface area (Å²) in [7, 11) is 1.84. The second-order valence-electron chi connectivity index (χ2n) is 1.92. The van der Waals surface area contributed by atoms with Gasteiger partial charge in [-0.3, -0.25) is 0 Å². The van der Waals surface area contributed by atoms with Crippen LogP contribution in [-0.2, 0) is 7.05 Å². The van der Waals surface area contributed by atoms with Crippen molar-refractivity contribution in [1.82, 2.24) is 14.8 Å². The van der Waals surface area contributed by atoms with E-state index in [1.807, 2.05) is 7.05 Å². The number of aromatic nitrogens is 3. The number of hydrogen-bond donors (Lipinski definition) is 0. The minimum absolute atomic E-state index is 0.553. The summed E-state index contributed by atoms with van der Waals surface area (Å²) >= 11 is 1.55. The van der Waals surface area contributed by atoms with Crippen molar-refractivity contribution in [2.75, 3.05) is 5.75 Å². The summed E-state index contributed by atoms with van der Waals surface area (Å²) < 4.78 is 1.70. The molecule has 1 rings (SSSR count). The molecule has 0 N–H and O–H groups in total.